The number of anilines is 1. The average molecular weight is 188 g/mol. The average Bonchev–Trinajstić information content (AvgIpc) is 2.59. The van der Waals surface area contributed by atoms with Gasteiger partial charge in [-0.05, 0) is 37.2 Å². The fourth-order valence-electron chi connectivity index (χ4n) is 2.57. The van der Waals surface area contributed by atoms with E-state index < -0.39 is 0 Å². The van der Waals surface area contributed by atoms with E-state index in [-0.39, 0.29) is 0 Å². The molecule has 2 aliphatic rings. The predicted octanol–water partition coefficient (Wildman–Crippen LogP) is 1.53. The van der Waals surface area contributed by atoms with Crippen molar-refractivity contribution in [1.29, 1.82) is 0 Å². The zero-order valence-corrected chi connectivity index (χ0v) is 8.13. The van der Waals surface area contributed by atoms with Crippen LogP contribution in [0.25, 0.3) is 0 Å². The van der Waals surface area contributed by atoms with Gasteiger partial charge in [0.05, 0.1) is 0 Å². The van der Waals surface area contributed by atoms with E-state index in [0.717, 1.165) is 30.9 Å². The molecule has 2 fully saturated rings. The molecule has 3 rings (SSSR count). The molecular weight excluding hydrogens is 174 g/mol. The second-order valence-electron chi connectivity index (χ2n) is 4.24. The van der Waals surface area contributed by atoms with Crippen LogP contribution in [0.5, 0.6) is 0 Å². The van der Waals surface area contributed by atoms with Gasteiger partial charge in [0, 0.05) is 25.5 Å². The van der Waals surface area contributed by atoms with Gasteiger partial charge in [-0.2, -0.15) is 0 Å². The largest absolute Gasteiger partial charge is 0.340 e. The van der Waals surface area contributed by atoms with Gasteiger partial charge in [0.1, 0.15) is 0 Å². The maximum atomic E-state index is 4.30. The van der Waals surface area contributed by atoms with Crippen LogP contribution in [-0.2, 0) is 0 Å². The van der Waals surface area contributed by atoms with Crippen LogP contribution in [0.15, 0.2) is 18.5 Å². The van der Waals surface area contributed by atoms with Gasteiger partial charge in [-0.15, -0.1) is 0 Å². The van der Waals surface area contributed by atoms with E-state index in [1.807, 2.05) is 18.5 Å². The minimum atomic E-state index is 0.776. The summed E-state index contributed by atoms with van der Waals surface area (Å²) >= 11 is 0. The first-order valence-corrected chi connectivity index (χ1v) is 5.29. The third kappa shape index (κ3) is 1.37. The first-order chi connectivity index (χ1) is 6.92. The van der Waals surface area contributed by atoms with Crippen LogP contribution >= 0.6 is 0 Å². The summed E-state index contributed by atoms with van der Waals surface area (Å²) in [4.78, 5) is 10.9. The van der Waals surface area contributed by atoms with Crippen molar-refractivity contribution in [1.82, 2.24) is 9.97 Å². The minimum absolute atomic E-state index is 0.776. The zero-order valence-electron chi connectivity index (χ0n) is 8.13. The third-order valence-corrected chi connectivity index (χ3v) is 3.20. The normalized spacial score (nSPS) is 30.7. The first kappa shape index (κ1) is 8.21. The van der Waals surface area contributed by atoms with E-state index in [1.54, 1.807) is 0 Å². The van der Waals surface area contributed by atoms with Gasteiger partial charge in [-0.1, -0.05) is 0 Å². The molecule has 0 N–H and O–H groups in total. The highest BCUT2D eigenvalue weighted by molar-refractivity contribution is 5.31. The molecule has 2 bridgehead atoms. The topological polar surface area (TPSA) is 29.0 Å². The van der Waals surface area contributed by atoms with Crippen molar-refractivity contribution in [3.8, 4) is 0 Å². The van der Waals surface area contributed by atoms with Crippen LogP contribution in [0.1, 0.15) is 12.8 Å². The molecule has 1 aliphatic heterocycles. The number of hydrogen-bond donors (Lipinski definition) is 0. The second-order valence-corrected chi connectivity index (χ2v) is 4.24. The maximum absolute atomic E-state index is 4.30. The molecular formula is C11H14N3. The summed E-state index contributed by atoms with van der Waals surface area (Å²) in [7, 11) is 0. The molecule has 1 aliphatic carbocycles. The maximum Gasteiger partial charge on any atom is 0.225 e. The van der Waals surface area contributed by atoms with Crippen LogP contribution in [-0.4, -0.2) is 23.1 Å². The molecule has 1 aromatic heterocycles. The molecule has 2 atom stereocenters. The number of aromatic nitrogens is 2. The summed E-state index contributed by atoms with van der Waals surface area (Å²) in [6.07, 6.45) is 8.87. The van der Waals surface area contributed by atoms with Crippen molar-refractivity contribution in [3.05, 3.63) is 24.9 Å². The Morgan fingerprint density at radius 3 is 2.36 bits per heavy atom. The zero-order chi connectivity index (χ0) is 9.38. The van der Waals surface area contributed by atoms with E-state index in [4.69, 9.17) is 0 Å². The van der Waals surface area contributed by atoms with Crippen molar-refractivity contribution in [2.45, 2.75) is 12.8 Å². The fraction of sp³-hybridized carbons (Fsp3) is 0.545. The Bertz CT molecular complexity index is 300. The Labute approximate surface area is 84.2 Å². The van der Waals surface area contributed by atoms with E-state index in [2.05, 4.69) is 21.3 Å². The highest BCUT2D eigenvalue weighted by Crippen LogP contribution is 2.36. The molecule has 1 radical (unpaired) electrons. The van der Waals surface area contributed by atoms with Crippen molar-refractivity contribution in [3.63, 3.8) is 0 Å². The number of rotatable bonds is 1. The second kappa shape index (κ2) is 3.23. The molecule has 2 heterocycles. The van der Waals surface area contributed by atoms with Crippen LogP contribution in [0.4, 0.5) is 5.95 Å². The molecule has 1 saturated carbocycles. The SMILES string of the molecule is [CH]1C2CCC1CN(c1ncccn1)C2. The van der Waals surface area contributed by atoms with Crippen molar-refractivity contribution < 1.29 is 0 Å². The lowest BCUT2D eigenvalue weighted by atomic mass is 9.99. The number of hydrogen-bond acceptors (Lipinski definition) is 3. The Hall–Kier alpha value is -1.12. The van der Waals surface area contributed by atoms with E-state index in [9.17, 15) is 0 Å². The number of nitrogens with zero attached hydrogens (tertiary/aromatic N) is 3. The van der Waals surface area contributed by atoms with Crippen LogP contribution in [0, 0.1) is 18.3 Å². The lowest BCUT2D eigenvalue weighted by Gasteiger charge is -2.31. The molecule has 1 saturated heterocycles. The Morgan fingerprint density at radius 1 is 1.07 bits per heavy atom. The number of piperidine rings is 1. The van der Waals surface area contributed by atoms with E-state index >= 15 is 0 Å². The molecule has 2 unspecified atom stereocenters. The summed E-state index contributed by atoms with van der Waals surface area (Å²) in [5, 5.41) is 0. The molecule has 3 heteroatoms. The summed E-state index contributed by atoms with van der Waals surface area (Å²) in [6.45, 7) is 2.22. The molecule has 73 valence electrons. The van der Waals surface area contributed by atoms with E-state index in [0.29, 0.717) is 0 Å². The fourth-order valence-corrected chi connectivity index (χ4v) is 2.57. The molecule has 3 nitrogen and oxygen atoms in total. The number of fused-ring (bicyclic) bond motifs is 2. The van der Waals surface area contributed by atoms with Gasteiger partial charge >= 0.3 is 0 Å². The van der Waals surface area contributed by atoms with Crippen molar-refractivity contribution in [2.75, 3.05) is 18.0 Å². The molecule has 14 heavy (non-hydrogen) atoms. The lowest BCUT2D eigenvalue weighted by molar-refractivity contribution is 0.522. The molecule has 0 amide bonds. The lowest BCUT2D eigenvalue weighted by Crippen LogP contribution is -2.37. The monoisotopic (exact) mass is 188 g/mol. The highest BCUT2D eigenvalue weighted by atomic mass is 15.3. The molecule has 0 spiro atoms. The van der Waals surface area contributed by atoms with Crippen molar-refractivity contribution >= 4 is 5.95 Å². The van der Waals surface area contributed by atoms with E-state index in [1.165, 1.54) is 12.8 Å². The first-order valence-electron chi connectivity index (χ1n) is 5.29. The standard InChI is InChI=1S/C11H14N3/c1-4-12-11(13-5-1)14-7-9-2-3-10(6-9)8-14/h1,4-6,9-10H,2-3,7-8H2. The highest BCUT2D eigenvalue weighted by Gasteiger charge is 2.33. The minimum Gasteiger partial charge on any atom is -0.340 e. The van der Waals surface area contributed by atoms with Crippen LogP contribution in [0.2, 0.25) is 0 Å². The summed E-state index contributed by atoms with van der Waals surface area (Å²) in [6, 6.07) is 1.87. The smallest absolute Gasteiger partial charge is 0.225 e. The third-order valence-electron chi connectivity index (χ3n) is 3.20. The van der Waals surface area contributed by atoms with Gasteiger partial charge in [-0.3, -0.25) is 0 Å². The van der Waals surface area contributed by atoms with Crippen LogP contribution < -0.4 is 4.90 Å². The molecule has 1 aromatic rings. The Balaban J connectivity index is 1.81. The quantitative estimate of drug-likeness (QED) is 0.669. The Morgan fingerprint density at radius 2 is 1.71 bits per heavy atom. The van der Waals surface area contributed by atoms with Gasteiger partial charge in [0.25, 0.3) is 0 Å². The predicted molar refractivity (Wildman–Crippen MR) is 54.8 cm³/mol. The summed E-state index contributed by atoms with van der Waals surface area (Å²) in [5.41, 5.74) is 0. The summed E-state index contributed by atoms with van der Waals surface area (Å²) < 4.78 is 0. The summed E-state index contributed by atoms with van der Waals surface area (Å²) in [5.74, 6) is 2.45. The molecule has 0 aromatic carbocycles. The van der Waals surface area contributed by atoms with Crippen LogP contribution in [0.3, 0.4) is 0 Å². The van der Waals surface area contributed by atoms with Gasteiger partial charge in [0.2, 0.25) is 5.95 Å². The van der Waals surface area contributed by atoms with Gasteiger partial charge in [0.15, 0.2) is 0 Å². The van der Waals surface area contributed by atoms with Gasteiger partial charge in [-0.25, -0.2) is 9.97 Å². The van der Waals surface area contributed by atoms with Gasteiger partial charge < -0.3 is 4.90 Å². The Kier molecular flexibility index (Phi) is 1.89. The van der Waals surface area contributed by atoms with Crippen molar-refractivity contribution in [2.24, 2.45) is 11.8 Å².